The fourth-order valence-corrected chi connectivity index (χ4v) is 3.52. The van der Waals surface area contributed by atoms with E-state index in [1.54, 1.807) is 16.8 Å². The molecule has 28 heavy (non-hydrogen) atoms. The van der Waals surface area contributed by atoms with Crippen LogP contribution < -0.4 is 0 Å². The van der Waals surface area contributed by atoms with Crippen molar-refractivity contribution in [3.05, 3.63) is 70.1 Å². The predicted molar refractivity (Wildman–Crippen MR) is 100 cm³/mol. The second-order valence-electron chi connectivity index (χ2n) is 6.35. The number of hydrogen-bond donors (Lipinski definition) is 0. The summed E-state index contributed by atoms with van der Waals surface area (Å²) in [5, 5.41) is 12.4. The minimum atomic E-state index is -0.277. The first-order chi connectivity index (χ1) is 13.7. The largest absolute Gasteiger partial charge is 0.365 e. The van der Waals surface area contributed by atoms with Crippen LogP contribution >= 0.6 is 15.9 Å². The molecule has 2 aromatic heterocycles. The van der Waals surface area contributed by atoms with Gasteiger partial charge in [-0.3, -0.25) is 0 Å². The fourth-order valence-electron chi connectivity index (χ4n) is 3.12. The number of halogens is 2. The molecule has 3 heterocycles. The molecule has 0 amide bonds. The van der Waals surface area contributed by atoms with Crippen LogP contribution in [0.15, 0.2) is 57.5 Å². The van der Waals surface area contributed by atoms with Gasteiger partial charge in [-0.2, -0.15) is 4.98 Å². The zero-order chi connectivity index (χ0) is 19.1. The lowest BCUT2D eigenvalue weighted by Gasteiger charge is -2.24. The summed E-state index contributed by atoms with van der Waals surface area (Å²) >= 11 is 3.43. The van der Waals surface area contributed by atoms with Crippen LogP contribution in [0.1, 0.15) is 17.4 Å². The summed E-state index contributed by atoms with van der Waals surface area (Å²) < 4.78 is 27.2. The number of aromatic nitrogens is 5. The average Bonchev–Trinajstić information content (AvgIpc) is 3.35. The van der Waals surface area contributed by atoms with E-state index < -0.39 is 0 Å². The summed E-state index contributed by atoms with van der Waals surface area (Å²) in [6, 6.07) is 13.9. The van der Waals surface area contributed by atoms with Crippen LogP contribution in [0, 0.1) is 5.82 Å². The van der Waals surface area contributed by atoms with Crippen molar-refractivity contribution in [2.45, 2.75) is 19.3 Å². The minimum Gasteiger partial charge on any atom is -0.365 e. The number of benzene rings is 2. The van der Waals surface area contributed by atoms with Crippen molar-refractivity contribution in [1.29, 1.82) is 0 Å². The molecule has 1 aliphatic heterocycles. The van der Waals surface area contributed by atoms with Crippen molar-refractivity contribution < 1.29 is 13.7 Å². The van der Waals surface area contributed by atoms with Crippen molar-refractivity contribution in [3.8, 4) is 23.0 Å². The maximum absolute atomic E-state index is 13.1. The molecular formula is C19H13BrFN5O2. The van der Waals surface area contributed by atoms with Gasteiger partial charge in [0.2, 0.25) is 5.82 Å². The predicted octanol–water partition coefficient (Wildman–Crippen LogP) is 4.17. The van der Waals surface area contributed by atoms with Crippen LogP contribution in [0.4, 0.5) is 4.39 Å². The smallest absolute Gasteiger partial charge is 0.280 e. The molecule has 0 bridgehead atoms. The van der Waals surface area contributed by atoms with Crippen LogP contribution in [0.3, 0.4) is 0 Å². The molecule has 1 aliphatic rings. The number of nitrogens with zero attached hydrogens (tertiary/aromatic N) is 5. The van der Waals surface area contributed by atoms with Gasteiger partial charge >= 0.3 is 0 Å². The van der Waals surface area contributed by atoms with Crippen LogP contribution in [0.2, 0.25) is 0 Å². The first kappa shape index (κ1) is 17.2. The zero-order valence-corrected chi connectivity index (χ0v) is 16.0. The molecule has 0 saturated carbocycles. The van der Waals surface area contributed by atoms with E-state index in [4.69, 9.17) is 9.26 Å². The zero-order valence-electron chi connectivity index (χ0n) is 14.4. The third-order valence-electron chi connectivity index (χ3n) is 4.55. The topological polar surface area (TPSA) is 78.9 Å². The van der Waals surface area contributed by atoms with Crippen molar-refractivity contribution >= 4 is 15.9 Å². The molecule has 0 saturated heterocycles. The molecule has 0 spiro atoms. The standard InChI is InChI=1S/C19H13BrFN5O2/c20-13-3-1-2-12(8-13)18-22-19(28-24-18)17-15-10-27-16(9-26(15)25-23-17)11-4-6-14(21)7-5-11/h1-8,16H,9-10H2/t16-/m0/s1. The summed E-state index contributed by atoms with van der Waals surface area (Å²) in [5.74, 6) is 0.486. The van der Waals surface area contributed by atoms with Crippen LogP contribution in [0.5, 0.6) is 0 Å². The summed E-state index contributed by atoms with van der Waals surface area (Å²) in [6.07, 6.45) is -0.220. The minimum absolute atomic E-state index is 0.220. The maximum Gasteiger partial charge on any atom is 0.280 e. The molecule has 1 atom stereocenters. The number of rotatable bonds is 3. The molecule has 5 rings (SSSR count). The normalized spacial score (nSPS) is 16.1. The van der Waals surface area contributed by atoms with E-state index in [0.717, 1.165) is 21.3 Å². The van der Waals surface area contributed by atoms with Crippen molar-refractivity contribution in [1.82, 2.24) is 25.1 Å². The Bertz CT molecular complexity index is 1140. The molecule has 7 nitrogen and oxygen atoms in total. The van der Waals surface area contributed by atoms with E-state index in [2.05, 4.69) is 36.4 Å². The molecule has 0 fully saturated rings. The van der Waals surface area contributed by atoms with Gasteiger partial charge in [-0.1, -0.05) is 50.6 Å². The Labute approximate surface area is 167 Å². The lowest BCUT2D eigenvalue weighted by atomic mass is 10.1. The third-order valence-corrected chi connectivity index (χ3v) is 5.04. The highest BCUT2D eigenvalue weighted by molar-refractivity contribution is 9.10. The molecule has 0 N–H and O–H groups in total. The van der Waals surface area contributed by atoms with E-state index >= 15 is 0 Å². The first-order valence-electron chi connectivity index (χ1n) is 8.57. The molecule has 0 unspecified atom stereocenters. The third kappa shape index (κ3) is 3.12. The van der Waals surface area contributed by atoms with Crippen LogP contribution in [-0.4, -0.2) is 25.1 Å². The monoisotopic (exact) mass is 441 g/mol. The highest BCUT2D eigenvalue weighted by atomic mass is 79.9. The second kappa shape index (κ2) is 6.92. The van der Waals surface area contributed by atoms with Gasteiger partial charge in [-0.05, 0) is 29.8 Å². The Balaban J connectivity index is 1.42. The Morgan fingerprint density at radius 1 is 1.14 bits per heavy atom. The Morgan fingerprint density at radius 2 is 2.00 bits per heavy atom. The highest BCUT2D eigenvalue weighted by Gasteiger charge is 2.28. The second-order valence-corrected chi connectivity index (χ2v) is 7.27. The molecule has 0 radical (unpaired) electrons. The lowest BCUT2D eigenvalue weighted by molar-refractivity contribution is -0.00120. The van der Waals surface area contributed by atoms with Gasteiger partial charge in [0.25, 0.3) is 5.89 Å². The lowest BCUT2D eigenvalue weighted by Crippen LogP contribution is -2.22. The molecule has 4 aromatic rings. The Kier molecular flexibility index (Phi) is 4.25. The number of hydrogen-bond acceptors (Lipinski definition) is 6. The summed E-state index contributed by atoms with van der Waals surface area (Å²) in [7, 11) is 0. The molecular weight excluding hydrogens is 429 g/mol. The maximum atomic E-state index is 13.1. The number of ether oxygens (including phenoxy) is 1. The van der Waals surface area contributed by atoms with Gasteiger partial charge in [-0.25, -0.2) is 9.07 Å². The van der Waals surface area contributed by atoms with E-state index in [0.29, 0.717) is 30.6 Å². The van der Waals surface area contributed by atoms with Gasteiger partial charge in [0.05, 0.1) is 18.8 Å². The summed E-state index contributed by atoms with van der Waals surface area (Å²) in [5.41, 5.74) is 2.99. The SMILES string of the molecule is Fc1ccc([C@@H]2Cn3nnc(-c4nc(-c5cccc(Br)c5)no4)c3CO2)cc1. The van der Waals surface area contributed by atoms with Crippen LogP contribution in [-0.2, 0) is 17.9 Å². The quantitative estimate of drug-likeness (QED) is 0.474. The average molecular weight is 442 g/mol. The van der Waals surface area contributed by atoms with Gasteiger partial charge in [0, 0.05) is 10.0 Å². The van der Waals surface area contributed by atoms with Gasteiger partial charge < -0.3 is 9.26 Å². The molecule has 0 aliphatic carbocycles. The van der Waals surface area contributed by atoms with Gasteiger partial charge in [0.15, 0.2) is 5.69 Å². The Hall–Kier alpha value is -2.91. The van der Waals surface area contributed by atoms with E-state index in [1.807, 2.05) is 24.3 Å². The van der Waals surface area contributed by atoms with E-state index in [1.165, 1.54) is 12.1 Å². The van der Waals surface area contributed by atoms with E-state index in [9.17, 15) is 4.39 Å². The van der Waals surface area contributed by atoms with Crippen molar-refractivity contribution in [2.75, 3.05) is 0 Å². The van der Waals surface area contributed by atoms with Crippen molar-refractivity contribution in [3.63, 3.8) is 0 Å². The Morgan fingerprint density at radius 3 is 2.82 bits per heavy atom. The van der Waals surface area contributed by atoms with Crippen molar-refractivity contribution in [2.24, 2.45) is 0 Å². The first-order valence-corrected chi connectivity index (χ1v) is 9.36. The summed E-state index contributed by atoms with van der Waals surface area (Å²) in [4.78, 5) is 4.45. The van der Waals surface area contributed by atoms with Crippen LogP contribution in [0.25, 0.3) is 23.0 Å². The van der Waals surface area contributed by atoms with Gasteiger partial charge in [-0.15, -0.1) is 5.10 Å². The number of fused-ring (bicyclic) bond motifs is 1. The summed E-state index contributed by atoms with van der Waals surface area (Å²) in [6.45, 7) is 0.763. The molecule has 140 valence electrons. The molecule has 2 aromatic carbocycles. The highest BCUT2D eigenvalue weighted by Crippen LogP contribution is 2.31. The van der Waals surface area contributed by atoms with Gasteiger partial charge in [0.1, 0.15) is 11.9 Å². The fraction of sp³-hybridized carbons (Fsp3) is 0.158. The van der Waals surface area contributed by atoms with E-state index in [-0.39, 0.29) is 11.9 Å². The molecule has 9 heteroatoms.